The Balaban J connectivity index is 1.52. The highest BCUT2D eigenvalue weighted by molar-refractivity contribution is 5.59. The second-order valence-electron chi connectivity index (χ2n) is 10.2. The number of benzene rings is 1. The van der Waals surface area contributed by atoms with Crippen LogP contribution in [0.15, 0.2) is 30.5 Å². The second kappa shape index (κ2) is 13.6. The summed E-state index contributed by atoms with van der Waals surface area (Å²) >= 11 is 0. The van der Waals surface area contributed by atoms with E-state index in [1.165, 1.54) is 5.56 Å². The molecule has 216 valence electrons. The number of hydrogen-bond acceptors (Lipinski definition) is 9. The zero-order valence-electron chi connectivity index (χ0n) is 23.0. The van der Waals surface area contributed by atoms with Crippen molar-refractivity contribution >= 4 is 6.16 Å². The van der Waals surface area contributed by atoms with Gasteiger partial charge in [-0.1, -0.05) is 44.5 Å². The van der Waals surface area contributed by atoms with Gasteiger partial charge in [0.05, 0.1) is 19.3 Å². The second-order valence-corrected chi connectivity index (χ2v) is 10.2. The largest absolute Gasteiger partial charge is 0.508 e. The van der Waals surface area contributed by atoms with Crippen LogP contribution in [0.5, 0.6) is 5.75 Å². The van der Waals surface area contributed by atoms with Crippen molar-refractivity contribution in [2.75, 3.05) is 26.4 Å². The van der Waals surface area contributed by atoms with E-state index in [4.69, 9.17) is 23.7 Å². The van der Waals surface area contributed by atoms with Crippen molar-refractivity contribution in [3.8, 4) is 5.75 Å². The van der Waals surface area contributed by atoms with Crippen LogP contribution in [0, 0.1) is 6.92 Å². The lowest BCUT2D eigenvalue weighted by atomic mass is 9.99. The highest BCUT2D eigenvalue weighted by Crippen LogP contribution is 2.35. The lowest BCUT2D eigenvalue weighted by molar-refractivity contribution is -0.278. The first-order valence-corrected chi connectivity index (χ1v) is 13.8. The molecule has 1 unspecified atom stereocenters. The maximum atomic E-state index is 11.9. The Kier molecular flexibility index (Phi) is 10.3. The summed E-state index contributed by atoms with van der Waals surface area (Å²) in [5.41, 5.74) is 4.30. The fourth-order valence-corrected chi connectivity index (χ4v) is 4.94. The Bertz CT molecular complexity index is 1060. The van der Waals surface area contributed by atoms with Crippen LogP contribution in [0.3, 0.4) is 0 Å². The van der Waals surface area contributed by atoms with Crippen molar-refractivity contribution in [1.82, 2.24) is 4.57 Å². The fraction of sp³-hybridized carbons (Fsp3) is 0.621. The Morgan fingerprint density at radius 2 is 1.79 bits per heavy atom. The lowest BCUT2D eigenvalue weighted by Gasteiger charge is -2.39. The minimum atomic E-state index is -1.56. The van der Waals surface area contributed by atoms with Gasteiger partial charge >= 0.3 is 6.16 Å². The molecular formula is C29H41NO9. The van der Waals surface area contributed by atoms with Crippen molar-refractivity contribution in [2.45, 2.75) is 89.6 Å². The van der Waals surface area contributed by atoms with Crippen LogP contribution in [0.4, 0.5) is 4.79 Å². The SMILES string of the molecule is CCCCOC(=O)OC[C@H]1O[C@@H](Oc2cn(C3CCOC3)c(C)c2Cc2ccc(CC)cc2)[C@H](O)[C@@H](O)[C@@H]1O. The summed E-state index contributed by atoms with van der Waals surface area (Å²) in [6.07, 6.45) is -2.01. The third-order valence-electron chi connectivity index (χ3n) is 7.48. The predicted molar refractivity (Wildman–Crippen MR) is 142 cm³/mol. The molecule has 2 saturated heterocycles. The first kappa shape index (κ1) is 29.4. The first-order chi connectivity index (χ1) is 18.8. The number of hydrogen-bond donors (Lipinski definition) is 3. The summed E-state index contributed by atoms with van der Waals surface area (Å²) in [5, 5.41) is 31.7. The van der Waals surface area contributed by atoms with Crippen LogP contribution < -0.4 is 4.74 Å². The number of ether oxygens (including phenoxy) is 5. The van der Waals surface area contributed by atoms with Crippen molar-refractivity contribution in [1.29, 1.82) is 0 Å². The van der Waals surface area contributed by atoms with Crippen LogP contribution in [0.2, 0.25) is 0 Å². The molecule has 2 aliphatic heterocycles. The molecule has 6 atom stereocenters. The molecule has 1 aromatic heterocycles. The standard InChI is InChI=1S/C29H41NO9/c1-4-6-12-36-29(34)37-17-24-25(31)26(32)27(33)28(39-24)38-23-15-30(21-11-13-35-16-21)18(3)22(23)14-20-9-7-19(5-2)8-10-20/h7-10,15,21,24-28,31-33H,4-6,11-14,16-17H2,1-3H3/t21?,24-,25-,26+,27-,28-/m1/s1. The maximum absolute atomic E-state index is 11.9. The topological polar surface area (TPSA) is 129 Å². The molecule has 2 aromatic rings. The van der Waals surface area contributed by atoms with Gasteiger partial charge in [0, 0.05) is 30.5 Å². The third kappa shape index (κ3) is 7.12. The third-order valence-corrected chi connectivity index (χ3v) is 7.48. The van der Waals surface area contributed by atoms with Crippen LogP contribution in [-0.4, -0.2) is 83.2 Å². The molecule has 10 nitrogen and oxygen atoms in total. The number of unbranched alkanes of at least 4 members (excludes halogenated alkanes) is 1. The zero-order chi connectivity index (χ0) is 27.9. The lowest BCUT2D eigenvalue weighted by Crippen LogP contribution is -2.60. The number of aromatic nitrogens is 1. The number of aliphatic hydroxyl groups is 3. The van der Waals surface area contributed by atoms with E-state index < -0.39 is 36.9 Å². The van der Waals surface area contributed by atoms with Crippen LogP contribution in [-0.2, 0) is 31.8 Å². The zero-order valence-corrected chi connectivity index (χ0v) is 23.0. The molecule has 0 spiro atoms. The van der Waals surface area contributed by atoms with E-state index in [-0.39, 0.29) is 19.3 Å². The number of rotatable bonds is 11. The van der Waals surface area contributed by atoms with E-state index >= 15 is 0 Å². The van der Waals surface area contributed by atoms with Crippen molar-refractivity contribution in [3.05, 3.63) is 52.8 Å². The number of carbonyl (C=O) groups excluding carboxylic acids is 1. The summed E-state index contributed by atoms with van der Waals surface area (Å²) in [4.78, 5) is 11.9. The Labute approximate surface area is 229 Å². The molecule has 0 bridgehead atoms. The monoisotopic (exact) mass is 547 g/mol. The molecular weight excluding hydrogens is 506 g/mol. The highest BCUT2D eigenvalue weighted by atomic mass is 16.7. The van der Waals surface area contributed by atoms with Crippen LogP contribution in [0.25, 0.3) is 0 Å². The van der Waals surface area contributed by atoms with Gasteiger partial charge in [-0.15, -0.1) is 0 Å². The van der Waals surface area contributed by atoms with Gasteiger partial charge < -0.3 is 43.6 Å². The van der Waals surface area contributed by atoms with E-state index in [1.54, 1.807) is 0 Å². The molecule has 0 radical (unpaired) electrons. The van der Waals surface area contributed by atoms with Gasteiger partial charge in [0.1, 0.15) is 36.8 Å². The number of carbonyl (C=O) groups is 1. The molecule has 0 aliphatic carbocycles. The van der Waals surface area contributed by atoms with Gasteiger partial charge in [0.2, 0.25) is 6.29 Å². The average Bonchev–Trinajstić information content (AvgIpc) is 3.57. The minimum absolute atomic E-state index is 0.160. The quantitative estimate of drug-likeness (QED) is 0.287. The fourth-order valence-electron chi connectivity index (χ4n) is 4.94. The summed E-state index contributed by atoms with van der Waals surface area (Å²) in [5.74, 6) is 0.505. The maximum Gasteiger partial charge on any atom is 0.508 e. The number of aliphatic hydroxyl groups excluding tert-OH is 3. The van der Waals surface area contributed by atoms with E-state index in [1.807, 2.05) is 20.0 Å². The molecule has 4 rings (SSSR count). The molecule has 10 heteroatoms. The Morgan fingerprint density at radius 3 is 2.46 bits per heavy atom. The summed E-state index contributed by atoms with van der Waals surface area (Å²) in [6.45, 7) is 7.25. The summed E-state index contributed by atoms with van der Waals surface area (Å²) < 4.78 is 29.8. The molecule has 2 aliphatic rings. The Morgan fingerprint density at radius 1 is 1.05 bits per heavy atom. The van der Waals surface area contributed by atoms with Crippen LogP contribution in [0.1, 0.15) is 61.5 Å². The average molecular weight is 548 g/mol. The molecule has 39 heavy (non-hydrogen) atoms. The van der Waals surface area contributed by atoms with Gasteiger partial charge in [0.15, 0.2) is 0 Å². The van der Waals surface area contributed by atoms with Crippen molar-refractivity contribution < 1.29 is 43.8 Å². The molecule has 1 aromatic carbocycles. The Hall–Kier alpha value is -2.63. The predicted octanol–water partition coefficient (Wildman–Crippen LogP) is 3.05. The minimum Gasteiger partial charge on any atom is -0.460 e. The van der Waals surface area contributed by atoms with Gasteiger partial charge in [-0.05, 0) is 37.3 Å². The van der Waals surface area contributed by atoms with Gasteiger partial charge in [-0.3, -0.25) is 0 Å². The number of aryl methyl sites for hydroxylation is 1. The van der Waals surface area contributed by atoms with Gasteiger partial charge in [0.25, 0.3) is 0 Å². The number of nitrogens with zero attached hydrogens (tertiary/aromatic N) is 1. The molecule has 3 N–H and O–H groups in total. The first-order valence-electron chi connectivity index (χ1n) is 13.8. The highest BCUT2D eigenvalue weighted by Gasteiger charge is 2.46. The van der Waals surface area contributed by atoms with E-state index in [0.29, 0.717) is 31.8 Å². The van der Waals surface area contributed by atoms with Gasteiger partial charge in [-0.25, -0.2) is 4.79 Å². The molecule has 2 fully saturated rings. The smallest absolute Gasteiger partial charge is 0.460 e. The van der Waals surface area contributed by atoms with Crippen molar-refractivity contribution in [3.63, 3.8) is 0 Å². The summed E-state index contributed by atoms with van der Waals surface area (Å²) in [7, 11) is 0. The van der Waals surface area contributed by atoms with Crippen LogP contribution >= 0.6 is 0 Å². The summed E-state index contributed by atoms with van der Waals surface area (Å²) in [6, 6.07) is 8.56. The van der Waals surface area contributed by atoms with E-state index in [0.717, 1.165) is 36.1 Å². The van der Waals surface area contributed by atoms with E-state index in [2.05, 4.69) is 35.8 Å². The normalized spacial score (nSPS) is 26.9. The van der Waals surface area contributed by atoms with Crippen molar-refractivity contribution in [2.24, 2.45) is 0 Å². The molecule has 0 amide bonds. The molecule has 0 saturated carbocycles. The van der Waals surface area contributed by atoms with Gasteiger partial charge in [-0.2, -0.15) is 0 Å². The molecule has 3 heterocycles. The van der Waals surface area contributed by atoms with E-state index in [9.17, 15) is 20.1 Å².